The fourth-order valence-corrected chi connectivity index (χ4v) is 1.84. The minimum atomic E-state index is -3.22. The first kappa shape index (κ1) is 12.7. The van der Waals surface area contributed by atoms with E-state index in [0.717, 1.165) is 11.8 Å². The molecule has 1 rings (SSSR count). The number of sulfonamides is 1. The number of aryl methyl sites for hydroxylation is 1. The fraction of sp³-hybridized carbons (Fsp3) is 0.364. The van der Waals surface area contributed by atoms with Crippen molar-refractivity contribution >= 4 is 21.5 Å². The predicted octanol–water partition coefficient (Wildman–Crippen LogP) is 1.58. The van der Waals surface area contributed by atoms with Gasteiger partial charge < -0.3 is 4.79 Å². The highest BCUT2D eigenvalue weighted by Crippen LogP contribution is 2.12. The first-order valence-electron chi connectivity index (χ1n) is 4.93. The van der Waals surface area contributed by atoms with Crippen LogP contribution in [0.4, 0.5) is 5.69 Å². The van der Waals surface area contributed by atoms with E-state index in [9.17, 15) is 13.2 Å². The Labute approximate surface area is 95.7 Å². The highest BCUT2D eigenvalue weighted by molar-refractivity contribution is 7.92. The van der Waals surface area contributed by atoms with Gasteiger partial charge in [0.25, 0.3) is 0 Å². The first-order chi connectivity index (χ1) is 7.37. The van der Waals surface area contributed by atoms with Crippen molar-refractivity contribution in [3.63, 3.8) is 0 Å². The minimum absolute atomic E-state index is 0.151. The lowest BCUT2D eigenvalue weighted by molar-refractivity contribution is -0.116. The van der Waals surface area contributed by atoms with Crippen molar-refractivity contribution in [2.75, 3.05) is 11.0 Å². The average Bonchev–Trinajstić information content (AvgIpc) is 2.14. The van der Waals surface area contributed by atoms with E-state index in [0.29, 0.717) is 18.5 Å². The molecule has 0 aliphatic carbocycles. The van der Waals surface area contributed by atoms with Gasteiger partial charge in [0.1, 0.15) is 5.78 Å². The Morgan fingerprint density at radius 3 is 2.25 bits per heavy atom. The highest BCUT2D eigenvalue weighted by atomic mass is 32.2. The number of rotatable bonds is 5. The van der Waals surface area contributed by atoms with Crippen molar-refractivity contribution in [2.45, 2.75) is 19.8 Å². The summed E-state index contributed by atoms with van der Waals surface area (Å²) in [7, 11) is -3.22. The maximum atomic E-state index is 10.9. The second-order valence-corrected chi connectivity index (χ2v) is 5.52. The minimum Gasteiger partial charge on any atom is -0.300 e. The topological polar surface area (TPSA) is 63.2 Å². The van der Waals surface area contributed by atoms with Crippen molar-refractivity contribution in [1.29, 1.82) is 0 Å². The van der Waals surface area contributed by atoms with Crippen LogP contribution >= 0.6 is 0 Å². The molecular weight excluding hydrogens is 226 g/mol. The number of carbonyl (C=O) groups is 1. The zero-order chi connectivity index (χ0) is 12.2. The highest BCUT2D eigenvalue weighted by Gasteiger charge is 2.01. The standard InChI is InChI=1S/C11H15NO3S/c1-9(13)3-4-10-5-7-11(8-6-10)12-16(2,14)15/h5-8,12H,3-4H2,1-2H3. The largest absolute Gasteiger partial charge is 0.300 e. The summed E-state index contributed by atoms with van der Waals surface area (Å²) in [5.41, 5.74) is 1.56. The smallest absolute Gasteiger partial charge is 0.229 e. The zero-order valence-electron chi connectivity index (χ0n) is 9.36. The third kappa shape index (κ3) is 4.93. The van der Waals surface area contributed by atoms with E-state index >= 15 is 0 Å². The molecule has 1 aromatic carbocycles. The molecule has 0 fully saturated rings. The normalized spacial score (nSPS) is 11.1. The van der Waals surface area contributed by atoms with E-state index in [2.05, 4.69) is 4.72 Å². The molecule has 16 heavy (non-hydrogen) atoms. The van der Waals surface area contributed by atoms with Gasteiger partial charge in [0.05, 0.1) is 6.26 Å². The summed E-state index contributed by atoms with van der Waals surface area (Å²) < 4.78 is 24.3. The second-order valence-electron chi connectivity index (χ2n) is 3.77. The molecule has 0 aromatic heterocycles. The van der Waals surface area contributed by atoms with Crippen LogP contribution in [0.1, 0.15) is 18.9 Å². The summed E-state index contributed by atoms with van der Waals surface area (Å²) in [5, 5.41) is 0. The molecule has 0 bridgehead atoms. The maximum absolute atomic E-state index is 10.9. The van der Waals surface area contributed by atoms with Gasteiger partial charge in [-0.15, -0.1) is 0 Å². The van der Waals surface area contributed by atoms with Crippen LogP contribution in [-0.2, 0) is 21.2 Å². The van der Waals surface area contributed by atoms with Crippen LogP contribution in [0.2, 0.25) is 0 Å². The SMILES string of the molecule is CC(=O)CCc1ccc(NS(C)(=O)=O)cc1. The zero-order valence-corrected chi connectivity index (χ0v) is 10.2. The second kappa shape index (κ2) is 5.12. The van der Waals surface area contributed by atoms with Gasteiger partial charge in [0.2, 0.25) is 10.0 Å². The number of anilines is 1. The number of hydrogen-bond acceptors (Lipinski definition) is 3. The van der Waals surface area contributed by atoms with E-state index in [1.165, 1.54) is 0 Å². The molecular formula is C11H15NO3S. The van der Waals surface area contributed by atoms with Crippen LogP contribution in [0.15, 0.2) is 24.3 Å². The summed E-state index contributed by atoms with van der Waals surface area (Å²) in [6.07, 6.45) is 2.31. The van der Waals surface area contributed by atoms with Gasteiger partial charge in [0.15, 0.2) is 0 Å². The molecule has 0 amide bonds. The molecule has 88 valence electrons. The van der Waals surface area contributed by atoms with Crippen LogP contribution in [0.5, 0.6) is 0 Å². The van der Waals surface area contributed by atoms with Gasteiger partial charge in [-0.25, -0.2) is 8.42 Å². The Morgan fingerprint density at radius 2 is 1.81 bits per heavy atom. The lowest BCUT2D eigenvalue weighted by Crippen LogP contribution is -2.09. The predicted molar refractivity (Wildman–Crippen MR) is 63.9 cm³/mol. The molecule has 0 heterocycles. The molecule has 0 saturated heterocycles. The van der Waals surface area contributed by atoms with E-state index < -0.39 is 10.0 Å². The summed E-state index contributed by atoms with van der Waals surface area (Å²) in [6, 6.07) is 7.01. The first-order valence-corrected chi connectivity index (χ1v) is 6.82. The van der Waals surface area contributed by atoms with E-state index in [1.807, 2.05) is 12.1 Å². The Bertz CT molecular complexity index is 463. The number of carbonyl (C=O) groups excluding carboxylic acids is 1. The van der Waals surface area contributed by atoms with Crippen LogP contribution in [0.25, 0.3) is 0 Å². The maximum Gasteiger partial charge on any atom is 0.229 e. The number of hydrogen-bond donors (Lipinski definition) is 1. The van der Waals surface area contributed by atoms with Gasteiger partial charge in [-0.3, -0.25) is 4.72 Å². The summed E-state index contributed by atoms with van der Waals surface area (Å²) in [4.78, 5) is 10.8. The van der Waals surface area contributed by atoms with E-state index in [1.54, 1.807) is 19.1 Å². The average molecular weight is 241 g/mol. The number of nitrogens with one attached hydrogen (secondary N) is 1. The summed E-state index contributed by atoms with van der Waals surface area (Å²) in [6.45, 7) is 1.56. The molecule has 1 N–H and O–H groups in total. The van der Waals surface area contributed by atoms with Crippen molar-refractivity contribution in [3.8, 4) is 0 Å². The van der Waals surface area contributed by atoms with Gasteiger partial charge >= 0.3 is 0 Å². The van der Waals surface area contributed by atoms with Crippen LogP contribution < -0.4 is 4.72 Å². The Balaban J connectivity index is 2.64. The molecule has 0 radical (unpaired) electrons. The van der Waals surface area contributed by atoms with Crippen molar-refractivity contribution in [1.82, 2.24) is 0 Å². The molecule has 5 heteroatoms. The molecule has 0 unspecified atom stereocenters. The Hall–Kier alpha value is -1.36. The van der Waals surface area contributed by atoms with Gasteiger partial charge in [-0.1, -0.05) is 12.1 Å². The van der Waals surface area contributed by atoms with Gasteiger partial charge in [-0.2, -0.15) is 0 Å². The lowest BCUT2D eigenvalue weighted by atomic mass is 10.1. The molecule has 1 aromatic rings. The molecule has 0 aliphatic heterocycles. The Morgan fingerprint density at radius 1 is 1.25 bits per heavy atom. The fourth-order valence-electron chi connectivity index (χ4n) is 1.27. The summed E-state index contributed by atoms with van der Waals surface area (Å²) in [5.74, 6) is 0.151. The number of Topliss-reactive ketones (excluding diaryl/α,β-unsaturated/α-hetero) is 1. The van der Waals surface area contributed by atoms with Crippen LogP contribution in [0, 0.1) is 0 Å². The molecule has 0 saturated carbocycles. The Kier molecular flexibility index (Phi) is 4.06. The van der Waals surface area contributed by atoms with Crippen molar-refractivity contribution in [2.24, 2.45) is 0 Å². The van der Waals surface area contributed by atoms with E-state index in [-0.39, 0.29) is 5.78 Å². The molecule has 0 aliphatic rings. The number of benzene rings is 1. The van der Waals surface area contributed by atoms with Crippen LogP contribution in [0.3, 0.4) is 0 Å². The van der Waals surface area contributed by atoms with E-state index in [4.69, 9.17) is 0 Å². The van der Waals surface area contributed by atoms with Gasteiger partial charge in [-0.05, 0) is 31.0 Å². The molecule has 0 atom stereocenters. The third-order valence-electron chi connectivity index (χ3n) is 2.02. The third-order valence-corrected chi connectivity index (χ3v) is 2.63. The van der Waals surface area contributed by atoms with Crippen LogP contribution in [-0.4, -0.2) is 20.5 Å². The lowest BCUT2D eigenvalue weighted by Gasteiger charge is -2.04. The quantitative estimate of drug-likeness (QED) is 0.851. The molecule has 0 spiro atoms. The molecule has 4 nitrogen and oxygen atoms in total. The monoisotopic (exact) mass is 241 g/mol. The summed E-state index contributed by atoms with van der Waals surface area (Å²) >= 11 is 0. The number of ketones is 1. The van der Waals surface area contributed by atoms with Gasteiger partial charge in [0, 0.05) is 12.1 Å². The van der Waals surface area contributed by atoms with Crippen molar-refractivity contribution in [3.05, 3.63) is 29.8 Å². The van der Waals surface area contributed by atoms with Crippen molar-refractivity contribution < 1.29 is 13.2 Å².